The molecule has 1 heteroatoms. The summed E-state index contributed by atoms with van der Waals surface area (Å²) in [6.45, 7) is 0. The van der Waals surface area contributed by atoms with Crippen LogP contribution in [0, 0.1) is 6.07 Å². The maximum Gasteiger partial charge on any atom is 0.0781 e. The van der Waals surface area contributed by atoms with Crippen molar-refractivity contribution in [1.29, 1.82) is 0 Å². The monoisotopic (exact) mass is 230 g/mol. The quantitative estimate of drug-likeness (QED) is 0.642. The van der Waals surface area contributed by atoms with Crippen LogP contribution >= 0.6 is 0 Å². The molecule has 0 saturated heterocycles. The molecule has 0 aliphatic rings. The van der Waals surface area contributed by atoms with E-state index in [2.05, 4.69) is 23.2 Å². The van der Waals surface area contributed by atoms with Gasteiger partial charge in [-0.05, 0) is 11.6 Å². The van der Waals surface area contributed by atoms with Crippen LogP contribution in [0.5, 0.6) is 0 Å². The number of aromatic nitrogens is 1. The maximum atomic E-state index is 4.47. The fraction of sp³-hybridized carbons (Fsp3) is 0. The van der Waals surface area contributed by atoms with Crippen LogP contribution in [0.4, 0.5) is 0 Å². The Morgan fingerprint density at radius 2 is 1.28 bits per heavy atom. The average molecular weight is 230 g/mol. The Labute approximate surface area is 107 Å². The van der Waals surface area contributed by atoms with Crippen LogP contribution in [0.3, 0.4) is 0 Å². The van der Waals surface area contributed by atoms with E-state index in [0.29, 0.717) is 0 Å². The molecule has 0 bridgehead atoms. The van der Waals surface area contributed by atoms with Crippen molar-refractivity contribution in [1.82, 2.24) is 4.98 Å². The normalized spacial score (nSPS) is 10.2. The Morgan fingerprint density at radius 1 is 0.667 bits per heavy atom. The Hall–Kier alpha value is -2.41. The topological polar surface area (TPSA) is 12.9 Å². The van der Waals surface area contributed by atoms with Gasteiger partial charge >= 0.3 is 0 Å². The van der Waals surface area contributed by atoms with Crippen LogP contribution in [0.1, 0.15) is 0 Å². The van der Waals surface area contributed by atoms with Gasteiger partial charge in [0.15, 0.2) is 0 Å². The Morgan fingerprint density at radius 3 is 1.83 bits per heavy atom. The van der Waals surface area contributed by atoms with Gasteiger partial charge in [0.2, 0.25) is 0 Å². The molecule has 0 N–H and O–H groups in total. The number of pyridine rings is 1. The number of benzene rings is 2. The summed E-state index contributed by atoms with van der Waals surface area (Å²) in [5, 5.41) is 0. The van der Waals surface area contributed by atoms with Crippen LogP contribution in [0.2, 0.25) is 0 Å². The molecule has 18 heavy (non-hydrogen) atoms. The molecule has 1 aromatic heterocycles. The second-order valence-electron chi connectivity index (χ2n) is 4.08. The summed E-state index contributed by atoms with van der Waals surface area (Å²) < 4.78 is 0. The van der Waals surface area contributed by atoms with Crippen molar-refractivity contribution >= 4 is 0 Å². The molecular weight excluding hydrogens is 218 g/mol. The highest BCUT2D eigenvalue weighted by Gasteiger charge is 2.00. The van der Waals surface area contributed by atoms with Crippen LogP contribution in [0.15, 0.2) is 72.9 Å². The summed E-state index contributed by atoms with van der Waals surface area (Å²) in [5.41, 5.74) is 4.24. The highest BCUT2D eigenvalue weighted by Crippen LogP contribution is 2.21. The van der Waals surface area contributed by atoms with E-state index in [1.807, 2.05) is 60.8 Å². The minimum Gasteiger partial charge on any atom is -0.255 e. The molecule has 0 atom stereocenters. The van der Waals surface area contributed by atoms with Crippen LogP contribution < -0.4 is 0 Å². The Kier molecular flexibility index (Phi) is 2.89. The van der Waals surface area contributed by atoms with Crippen LogP contribution in [0.25, 0.3) is 22.4 Å². The van der Waals surface area contributed by atoms with E-state index in [0.717, 1.165) is 16.8 Å². The first kappa shape index (κ1) is 10.7. The zero-order valence-corrected chi connectivity index (χ0v) is 9.88. The SMILES string of the molecule is [c]1cc(-c2ccccc2)cnc1-c1ccccc1. The first-order valence-corrected chi connectivity index (χ1v) is 5.92. The van der Waals surface area contributed by atoms with Crippen molar-refractivity contribution < 1.29 is 0 Å². The van der Waals surface area contributed by atoms with Gasteiger partial charge in [-0.2, -0.15) is 0 Å². The predicted octanol–water partition coefficient (Wildman–Crippen LogP) is 4.22. The van der Waals surface area contributed by atoms with Crippen molar-refractivity contribution in [3.63, 3.8) is 0 Å². The standard InChI is InChI=1S/C17H12N/c1-3-7-14(8-4-1)16-11-12-17(18-13-16)15-9-5-2-6-10-15/h1-11,13H. The lowest BCUT2D eigenvalue weighted by atomic mass is 10.1. The second-order valence-corrected chi connectivity index (χ2v) is 4.08. The van der Waals surface area contributed by atoms with Gasteiger partial charge in [-0.25, -0.2) is 0 Å². The maximum absolute atomic E-state index is 4.47. The zero-order chi connectivity index (χ0) is 12.2. The fourth-order valence-corrected chi connectivity index (χ4v) is 1.90. The van der Waals surface area contributed by atoms with E-state index in [4.69, 9.17) is 0 Å². The molecule has 3 rings (SSSR count). The van der Waals surface area contributed by atoms with Crippen molar-refractivity contribution in [2.45, 2.75) is 0 Å². The van der Waals surface area contributed by atoms with Crippen LogP contribution in [-0.2, 0) is 0 Å². The fourth-order valence-electron chi connectivity index (χ4n) is 1.90. The molecular formula is C17H12N. The minimum atomic E-state index is 0.885. The second kappa shape index (κ2) is 4.84. The molecule has 1 nitrogen and oxygen atoms in total. The lowest BCUT2D eigenvalue weighted by molar-refractivity contribution is 1.32. The zero-order valence-electron chi connectivity index (χ0n) is 9.88. The first-order chi connectivity index (χ1) is 8.93. The summed E-state index contributed by atoms with van der Waals surface area (Å²) in [6.07, 6.45) is 1.90. The highest BCUT2D eigenvalue weighted by atomic mass is 14.7. The predicted molar refractivity (Wildman–Crippen MR) is 73.9 cm³/mol. The van der Waals surface area contributed by atoms with E-state index >= 15 is 0 Å². The van der Waals surface area contributed by atoms with E-state index in [9.17, 15) is 0 Å². The lowest BCUT2D eigenvalue weighted by Crippen LogP contribution is -1.85. The van der Waals surface area contributed by atoms with Crippen molar-refractivity contribution in [3.8, 4) is 22.4 Å². The van der Waals surface area contributed by atoms with E-state index < -0.39 is 0 Å². The van der Waals surface area contributed by atoms with E-state index in [1.54, 1.807) is 0 Å². The minimum absolute atomic E-state index is 0.885. The summed E-state index contributed by atoms with van der Waals surface area (Å²) >= 11 is 0. The van der Waals surface area contributed by atoms with Gasteiger partial charge in [-0.3, -0.25) is 4.98 Å². The molecule has 85 valence electrons. The van der Waals surface area contributed by atoms with Gasteiger partial charge in [-0.1, -0.05) is 60.7 Å². The molecule has 0 amide bonds. The summed E-state index contributed by atoms with van der Waals surface area (Å²) in [5.74, 6) is 0. The van der Waals surface area contributed by atoms with Gasteiger partial charge in [0, 0.05) is 23.4 Å². The van der Waals surface area contributed by atoms with E-state index in [1.165, 1.54) is 5.56 Å². The smallest absolute Gasteiger partial charge is 0.0781 e. The van der Waals surface area contributed by atoms with Gasteiger partial charge < -0.3 is 0 Å². The molecule has 2 aromatic carbocycles. The molecule has 0 spiro atoms. The third-order valence-corrected chi connectivity index (χ3v) is 2.85. The lowest BCUT2D eigenvalue weighted by Gasteiger charge is -2.03. The third-order valence-electron chi connectivity index (χ3n) is 2.85. The van der Waals surface area contributed by atoms with Crippen molar-refractivity contribution in [2.75, 3.05) is 0 Å². The number of hydrogen-bond acceptors (Lipinski definition) is 1. The Bertz CT molecular complexity index is 554. The number of nitrogens with zero attached hydrogens (tertiary/aromatic N) is 1. The molecule has 0 fully saturated rings. The Balaban J connectivity index is 1.95. The molecule has 0 aliphatic carbocycles. The molecule has 1 heterocycles. The summed E-state index contributed by atoms with van der Waals surface area (Å²) in [6, 6.07) is 25.6. The largest absolute Gasteiger partial charge is 0.255 e. The van der Waals surface area contributed by atoms with Crippen LogP contribution in [-0.4, -0.2) is 4.98 Å². The van der Waals surface area contributed by atoms with Crippen molar-refractivity contribution in [2.24, 2.45) is 0 Å². The summed E-state index contributed by atoms with van der Waals surface area (Å²) in [4.78, 5) is 4.47. The van der Waals surface area contributed by atoms with Gasteiger partial charge in [0.1, 0.15) is 0 Å². The summed E-state index contributed by atoms with van der Waals surface area (Å²) in [7, 11) is 0. The molecule has 0 saturated carbocycles. The molecule has 3 aromatic rings. The molecule has 0 aliphatic heterocycles. The van der Waals surface area contributed by atoms with E-state index in [-0.39, 0.29) is 0 Å². The molecule has 1 radical (unpaired) electrons. The first-order valence-electron chi connectivity index (χ1n) is 5.92. The van der Waals surface area contributed by atoms with Gasteiger partial charge in [0.25, 0.3) is 0 Å². The highest BCUT2D eigenvalue weighted by molar-refractivity contribution is 5.66. The van der Waals surface area contributed by atoms with Crippen molar-refractivity contribution in [3.05, 3.63) is 79.0 Å². The van der Waals surface area contributed by atoms with Gasteiger partial charge in [-0.15, -0.1) is 0 Å². The molecule has 0 unspecified atom stereocenters. The number of rotatable bonds is 2. The van der Waals surface area contributed by atoms with Gasteiger partial charge in [0.05, 0.1) is 5.69 Å². The number of hydrogen-bond donors (Lipinski definition) is 0. The average Bonchev–Trinajstić information content (AvgIpc) is 2.49. The third kappa shape index (κ3) is 2.16.